The monoisotopic (exact) mass is 396 g/mol. The molecule has 0 spiro atoms. The first-order valence-corrected chi connectivity index (χ1v) is 9.83. The number of carbonyl (C=O) groups is 2. The van der Waals surface area contributed by atoms with Crippen LogP contribution in [0.5, 0.6) is 0 Å². The predicted molar refractivity (Wildman–Crippen MR) is 114 cm³/mol. The summed E-state index contributed by atoms with van der Waals surface area (Å²) in [6, 6.07) is 7.29. The number of hydrogen-bond acceptors (Lipinski definition) is 5. The largest absolute Gasteiger partial charge is 0.497 e. The minimum Gasteiger partial charge on any atom is -0.497 e. The number of allylic oxidation sites excluding steroid dienone is 1. The van der Waals surface area contributed by atoms with Gasteiger partial charge in [0.1, 0.15) is 11.5 Å². The third-order valence-electron chi connectivity index (χ3n) is 5.16. The Hall–Kier alpha value is -3.06. The summed E-state index contributed by atoms with van der Waals surface area (Å²) in [6.45, 7) is 4.69. The summed E-state index contributed by atoms with van der Waals surface area (Å²) >= 11 is 0. The number of anilines is 2. The molecule has 29 heavy (non-hydrogen) atoms. The molecule has 1 fully saturated rings. The van der Waals surface area contributed by atoms with Crippen LogP contribution >= 0.6 is 0 Å². The first-order chi connectivity index (χ1) is 14.0. The molecule has 1 saturated heterocycles. The van der Waals surface area contributed by atoms with Gasteiger partial charge in [-0.05, 0) is 55.7 Å². The molecule has 0 aromatic heterocycles. The number of piperidine rings is 1. The Bertz CT molecular complexity index is 829. The van der Waals surface area contributed by atoms with Gasteiger partial charge in [-0.2, -0.15) is 0 Å². The first-order valence-electron chi connectivity index (χ1n) is 9.83. The van der Waals surface area contributed by atoms with Gasteiger partial charge in [0.05, 0.1) is 13.2 Å². The molecule has 154 valence electrons. The highest BCUT2D eigenvalue weighted by Crippen LogP contribution is 2.23. The number of ether oxygens (including phenoxy) is 1. The predicted octanol–water partition coefficient (Wildman–Crippen LogP) is 2.95. The number of carbonyl (C=O) groups excluding carboxylic acids is 2. The zero-order valence-electron chi connectivity index (χ0n) is 17.0. The summed E-state index contributed by atoms with van der Waals surface area (Å²) in [7, 11) is 3.39. The van der Waals surface area contributed by atoms with E-state index in [-0.39, 0.29) is 17.9 Å². The van der Waals surface area contributed by atoms with Gasteiger partial charge in [-0.25, -0.2) is 5.43 Å². The van der Waals surface area contributed by atoms with E-state index in [4.69, 9.17) is 4.74 Å². The van der Waals surface area contributed by atoms with E-state index in [0.29, 0.717) is 24.2 Å². The zero-order chi connectivity index (χ0) is 20.8. The number of nitrogens with zero attached hydrogens (tertiary/aromatic N) is 2. The van der Waals surface area contributed by atoms with Crippen LogP contribution in [0.4, 0.5) is 11.4 Å². The summed E-state index contributed by atoms with van der Waals surface area (Å²) in [6.07, 6.45) is 9.08. The van der Waals surface area contributed by atoms with Gasteiger partial charge in [0.2, 0.25) is 5.91 Å². The van der Waals surface area contributed by atoms with E-state index in [1.807, 2.05) is 30.4 Å². The topological polar surface area (TPSA) is 73.9 Å². The summed E-state index contributed by atoms with van der Waals surface area (Å²) in [5.41, 5.74) is 4.86. The molecule has 3 rings (SSSR count). The van der Waals surface area contributed by atoms with E-state index in [0.717, 1.165) is 30.8 Å². The number of methoxy groups -OCH3 is 1. The van der Waals surface area contributed by atoms with E-state index >= 15 is 0 Å². The number of hydrazine groups is 1. The Morgan fingerprint density at radius 2 is 2.03 bits per heavy atom. The molecule has 7 heteroatoms. The molecule has 2 N–H and O–H groups in total. The number of amides is 2. The molecule has 1 aromatic carbocycles. The molecule has 1 unspecified atom stereocenters. The van der Waals surface area contributed by atoms with Gasteiger partial charge in [-0.1, -0.05) is 12.7 Å². The van der Waals surface area contributed by atoms with Crippen molar-refractivity contribution in [2.45, 2.75) is 31.7 Å². The van der Waals surface area contributed by atoms with Crippen molar-refractivity contribution in [1.29, 1.82) is 0 Å². The van der Waals surface area contributed by atoms with Crippen LogP contribution in [0.1, 0.15) is 25.7 Å². The molecule has 1 aromatic rings. The van der Waals surface area contributed by atoms with Crippen LogP contribution < -0.4 is 15.6 Å². The lowest BCUT2D eigenvalue weighted by atomic mass is 10.1. The average molecular weight is 396 g/mol. The maximum atomic E-state index is 12.7. The Kier molecular flexibility index (Phi) is 6.72. The van der Waals surface area contributed by atoms with Gasteiger partial charge in [-0.15, -0.1) is 0 Å². The maximum Gasteiger partial charge on any atom is 0.272 e. The molecule has 1 atom stereocenters. The van der Waals surface area contributed by atoms with Crippen LogP contribution in [0.2, 0.25) is 0 Å². The minimum atomic E-state index is -0.295. The maximum absolute atomic E-state index is 12.7. The Morgan fingerprint density at radius 3 is 2.62 bits per heavy atom. The Labute approximate surface area is 171 Å². The van der Waals surface area contributed by atoms with Crippen LogP contribution in [0.25, 0.3) is 0 Å². The summed E-state index contributed by atoms with van der Waals surface area (Å²) < 4.78 is 5.21. The van der Waals surface area contributed by atoms with Crippen LogP contribution in [0, 0.1) is 0 Å². The third-order valence-corrected chi connectivity index (χ3v) is 5.16. The van der Waals surface area contributed by atoms with Gasteiger partial charge in [-0.3, -0.25) is 14.6 Å². The third kappa shape index (κ3) is 4.86. The fraction of sp³-hybridized carbons (Fsp3) is 0.364. The van der Waals surface area contributed by atoms with Crippen molar-refractivity contribution in [3.8, 4) is 0 Å². The van der Waals surface area contributed by atoms with Crippen molar-refractivity contribution in [1.82, 2.24) is 10.4 Å². The molecule has 0 saturated carbocycles. The van der Waals surface area contributed by atoms with Crippen molar-refractivity contribution in [3.05, 3.63) is 60.5 Å². The standard InChI is InChI=1S/C22H28N4O3/c1-16(26(23-2)19-11-13-20(29-3)14-12-19)22(28)24-17-7-9-18(10-8-17)25-15-5-4-6-21(25)27/h7-11,13-14,19,23H,1,4-6,12,15H2,2-3H3,(H,24,28). The van der Waals surface area contributed by atoms with E-state index in [9.17, 15) is 9.59 Å². The van der Waals surface area contributed by atoms with Gasteiger partial charge < -0.3 is 15.0 Å². The van der Waals surface area contributed by atoms with E-state index in [1.165, 1.54) is 0 Å². The second-order valence-electron chi connectivity index (χ2n) is 7.02. The van der Waals surface area contributed by atoms with Crippen molar-refractivity contribution in [3.63, 3.8) is 0 Å². The van der Waals surface area contributed by atoms with Gasteiger partial charge >= 0.3 is 0 Å². The van der Waals surface area contributed by atoms with E-state index in [1.54, 1.807) is 36.2 Å². The number of nitrogens with one attached hydrogen (secondary N) is 2. The van der Waals surface area contributed by atoms with E-state index in [2.05, 4.69) is 17.3 Å². The number of hydrogen-bond donors (Lipinski definition) is 2. The lowest BCUT2D eigenvalue weighted by Gasteiger charge is -2.32. The molecule has 1 heterocycles. The smallest absolute Gasteiger partial charge is 0.272 e. The van der Waals surface area contributed by atoms with Crippen LogP contribution in [0.3, 0.4) is 0 Å². The van der Waals surface area contributed by atoms with Gasteiger partial charge in [0.25, 0.3) is 5.91 Å². The second kappa shape index (κ2) is 9.43. The SMILES string of the molecule is C=C(C(=O)Nc1ccc(N2CCCCC2=O)cc1)N(NC)C1C=CC(OC)=CC1. The lowest BCUT2D eigenvalue weighted by molar-refractivity contribution is -0.119. The molecular formula is C22H28N4O3. The Balaban J connectivity index is 1.61. The van der Waals surface area contributed by atoms with Crippen molar-refractivity contribution in [2.24, 2.45) is 0 Å². The normalized spacial score (nSPS) is 18.8. The fourth-order valence-electron chi connectivity index (χ4n) is 3.55. The van der Waals surface area contributed by atoms with Gasteiger partial charge in [0, 0.05) is 31.4 Å². The van der Waals surface area contributed by atoms with Crippen molar-refractivity contribution < 1.29 is 14.3 Å². The average Bonchev–Trinajstić information content (AvgIpc) is 2.75. The molecule has 0 radical (unpaired) electrons. The van der Waals surface area contributed by atoms with Crippen LogP contribution in [-0.2, 0) is 14.3 Å². The van der Waals surface area contributed by atoms with Crippen molar-refractivity contribution in [2.75, 3.05) is 30.9 Å². The second-order valence-corrected chi connectivity index (χ2v) is 7.02. The number of benzene rings is 1. The summed E-state index contributed by atoms with van der Waals surface area (Å²) in [4.78, 5) is 26.6. The molecule has 1 aliphatic carbocycles. The van der Waals surface area contributed by atoms with Crippen LogP contribution in [0.15, 0.2) is 60.5 Å². The van der Waals surface area contributed by atoms with Crippen molar-refractivity contribution >= 4 is 23.2 Å². The highest BCUT2D eigenvalue weighted by Gasteiger charge is 2.23. The lowest BCUT2D eigenvalue weighted by Crippen LogP contribution is -2.45. The first kappa shape index (κ1) is 20.7. The summed E-state index contributed by atoms with van der Waals surface area (Å²) in [5, 5.41) is 4.60. The highest BCUT2D eigenvalue weighted by atomic mass is 16.5. The molecule has 2 amide bonds. The minimum absolute atomic E-state index is 0.0374. The molecular weight excluding hydrogens is 368 g/mol. The zero-order valence-corrected chi connectivity index (χ0v) is 17.0. The van der Waals surface area contributed by atoms with E-state index < -0.39 is 0 Å². The Morgan fingerprint density at radius 1 is 1.28 bits per heavy atom. The molecule has 1 aliphatic heterocycles. The summed E-state index contributed by atoms with van der Waals surface area (Å²) in [5.74, 6) is 0.660. The highest BCUT2D eigenvalue weighted by molar-refractivity contribution is 6.03. The molecule has 7 nitrogen and oxygen atoms in total. The number of rotatable bonds is 7. The quantitative estimate of drug-likeness (QED) is 0.548. The molecule has 0 bridgehead atoms. The van der Waals surface area contributed by atoms with Gasteiger partial charge in [0.15, 0.2) is 0 Å². The van der Waals surface area contributed by atoms with Crippen LogP contribution in [-0.4, -0.2) is 43.6 Å². The fourth-order valence-corrected chi connectivity index (χ4v) is 3.55. The molecule has 2 aliphatic rings.